The Balaban J connectivity index is 2.29. The second-order valence-electron chi connectivity index (χ2n) is 2.77. The quantitative estimate of drug-likeness (QED) is 0.579. The normalized spacial score (nSPS) is 30.6. The summed E-state index contributed by atoms with van der Waals surface area (Å²) in [7, 11) is 0. The minimum atomic E-state index is -0.756. The SMILES string of the molecule is O=C(O)[C@@H]1CC[C@@H](OCO)C1. The van der Waals surface area contributed by atoms with Crippen LogP contribution in [0.3, 0.4) is 0 Å². The van der Waals surface area contributed by atoms with Gasteiger partial charge in [0.05, 0.1) is 12.0 Å². The van der Waals surface area contributed by atoms with Crippen LogP contribution >= 0.6 is 0 Å². The van der Waals surface area contributed by atoms with E-state index in [4.69, 9.17) is 14.9 Å². The van der Waals surface area contributed by atoms with E-state index in [-0.39, 0.29) is 18.8 Å². The lowest BCUT2D eigenvalue weighted by molar-refractivity contribution is -0.142. The molecule has 0 aromatic rings. The molecule has 64 valence electrons. The highest BCUT2D eigenvalue weighted by Gasteiger charge is 2.29. The second kappa shape index (κ2) is 3.69. The molecule has 4 nitrogen and oxygen atoms in total. The van der Waals surface area contributed by atoms with Gasteiger partial charge in [-0.3, -0.25) is 4.79 Å². The van der Waals surface area contributed by atoms with E-state index in [1.54, 1.807) is 0 Å². The van der Waals surface area contributed by atoms with Crippen molar-refractivity contribution in [2.45, 2.75) is 25.4 Å². The molecule has 1 saturated carbocycles. The van der Waals surface area contributed by atoms with Gasteiger partial charge in [0.25, 0.3) is 0 Å². The van der Waals surface area contributed by atoms with Crippen LogP contribution < -0.4 is 0 Å². The molecule has 0 saturated heterocycles. The highest BCUT2D eigenvalue weighted by Crippen LogP contribution is 2.27. The number of rotatable bonds is 3. The number of carboxylic acid groups (broad SMARTS) is 1. The number of ether oxygens (including phenoxy) is 1. The van der Waals surface area contributed by atoms with Gasteiger partial charge in [-0.15, -0.1) is 0 Å². The van der Waals surface area contributed by atoms with Gasteiger partial charge in [0, 0.05) is 0 Å². The van der Waals surface area contributed by atoms with E-state index in [1.165, 1.54) is 0 Å². The number of aliphatic carboxylic acids is 1. The first-order chi connectivity index (χ1) is 5.24. The van der Waals surface area contributed by atoms with Crippen LogP contribution in [-0.2, 0) is 9.53 Å². The predicted octanol–water partition coefficient (Wildman–Crippen LogP) is 0.206. The zero-order valence-electron chi connectivity index (χ0n) is 6.19. The lowest BCUT2D eigenvalue weighted by Crippen LogP contribution is -2.13. The van der Waals surface area contributed by atoms with E-state index >= 15 is 0 Å². The Kier molecular flexibility index (Phi) is 2.84. The highest BCUT2D eigenvalue weighted by molar-refractivity contribution is 5.70. The maximum Gasteiger partial charge on any atom is 0.306 e. The van der Waals surface area contributed by atoms with Gasteiger partial charge in [0.1, 0.15) is 6.79 Å². The Bertz CT molecular complexity index is 145. The first-order valence-electron chi connectivity index (χ1n) is 3.69. The predicted molar refractivity (Wildman–Crippen MR) is 36.9 cm³/mol. The molecular weight excluding hydrogens is 148 g/mol. The Morgan fingerprint density at radius 3 is 2.73 bits per heavy atom. The molecule has 0 aromatic heterocycles. The topological polar surface area (TPSA) is 66.8 Å². The molecule has 0 heterocycles. The first-order valence-corrected chi connectivity index (χ1v) is 3.69. The molecule has 0 bridgehead atoms. The van der Waals surface area contributed by atoms with Crippen molar-refractivity contribution in [3.8, 4) is 0 Å². The van der Waals surface area contributed by atoms with E-state index in [0.717, 1.165) is 6.42 Å². The van der Waals surface area contributed by atoms with Crippen molar-refractivity contribution in [3.63, 3.8) is 0 Å². The van der Waals surface area contributed by atoms with Crippen molar-refractivity contribution >= 4 is 5.97 Å². The van der Waals surface area contributed by atoms with Crippen LogP contribution in [0.2, 0.25) is 0 Å². The van der Waals surface area contributed by atoms with E-state index < -0.39 is 5.97 Å². The monoisotopic (exact) mass is 160 g/mol. The maximum atomic E-state index is 10.4. The maximum absolute atomic E-state index is 10.4. The van der Waals surface area contributed by atoms with Crippen molar-refractivity contribution in [1.82, 2.24) is 0 Å². The number of aliphatic hydroxyl groups excluding tert-OH is 1. The van der Waals surface area contributed by atoms with Crippen molar-refractivity contribution in [2.24, 2.45) is 5.92 Å². The molecule has 2 atom stereocenters. The van der Waals surface area contributed by atoms with Gasteiger partial charge < -0.3 is 14.9 Å². The lowest BCUT2D eigenvalue weighted by Gasteiger charge is -2.07. The number of hydrogen-bond acceptors (Lipinski definition) is 3. The molecule has 0 aromatic carbocycles. The van der Waals surface area contributed by atoms with Crippen LogP contribution in [0, 0.1) is 5.92 Å². The van der Waals surface area contributed by atoms with Gasteiger partial charge >= 0.3 is 5.97 Å². The molecule has 0 spiro atoms. The molecule has 1 rings (SSSR count). The van der Waals surface area contributed by atoms with Crippen molar-refractivity contribution in [3.05, 3.63) is 0 Å². The zero-order chi connectivity index (χ0) is 8.27. The van der Waals surface area contributed by atoms with Gasteiger partial charge in [-0.1, -0.05) is 0 Å². The van der Waals surface area contributed by atoms with Crippen LogP contribution in [0.4, 0.5) is 0 Å². The smallest absolute Gasteiger partial charge is 0.306 e. The molecular formula is C7H12O4. The average Bonchev–Trinajstić information content (AvgIpc) is 2.37. The molecule has 2 N–H and O–H groups in total. The van der Waals surface area contributed by atoms with Crippen LogP contribution in [0.25, 0.3) is 0 Å². The average molecular weight is 160 g/mol. The Hall–Kier alpha value is -0.610. The van der Waals surface area contributed by atoms with Gasteiger partial charge in [-0.05, 0) is 19.3 Å². The summed E-state index contributed by atoms with van der Waals surface area (Å²) in [4.78, 5) is 10.4. The molecule has 1 aliphatic rings. The zero-order valence-corrected chi connectivity index (χ0v) is 6.19. The van der Waals surface area contributed by atoms with Gasteiger partial charge in [0.15, 0.2) is 0 Å². The molecule has 0 amide bonds. The fraction of sp³-hybridized carbons (Fsp3) is 0.857. The summed E-state index contributed by atoms with van der Waals surface area (Å²) in [5.41, 5.74) is 0. The molecule has 0 radical (unpaired) electrons. The van der Waals surface area contributed by atoms with E-state index in [1.807, 2.05) is 0 Å². The van der Waals surface area contributed by atoms with Crippen LogP contribution in [0.1, 0.15) is 19.3 Å². The van der Waals surface area contributed by atoms with E-state index in [0.29, 0.717) is 12.8 Å². The minimum absolute atomic E-state index is 0.0545. The van der Waals surface area contributed by atoms with Crippen LogP contribution in [-0.4, -0.2) is 29.1 Å². The minimum Gasteiger partial charge on any atom is -0.481 e. The molecule has 4 heteroatoms. The van der Waals surface area contributed by atoms with Crippen molar-refractivity contribution in [1.29, 1.82) is 0 Å². The summed E-state index contributed by atoms with van der Waals surface area (Å²) in [6, 6.07) is 0. The summed E-state index contributed by atoms with van der Waals surface area (Å²) < 4.78 is 4.88. The summed E-state index contributed by atoms with van der Waals surface area (Å²) >= 11 is 0. The number of aliphatic hydroxyl groups is 1. The van der Waals surface area contributed by atoms with Crippen molar-refractivity contribution < 1.29 is 19.7 Å². The first kappa shape index (κ1) is 8.49. The van der Waals surface area contributed by atoms with Gasteiger partial charge in [-0.2, -0.15) is 0 Å². The summed E-state index contributed by atoms with van der Waals surface area (Å²) in [5.74, 6) is -1.03. The third-order valence-corrected chi connectivity index (χ3v) is 2.04. The number of carboxylic acids is 1. The Morgan fingerprint density at radius 2 is 2.27 bits per heavy atom. The van der Waals surface area contributed by atoms with E-state index in [2.05, 4.69) is 0 Å². The number of hydrogen-bond donors (Lipinski definition) is 2. The van der Waals surface area contributed by atoms with Crippen LogP contribution in [0.5, 0.6) is 0 Å². The van der Waals surface area contributed by atoms with Crippen LogP contribution in [0.15, 0.2) is 0 Å². The van der Waals surface area contributed by atoms with Gasteiger partial charge in [-0.25, -0.2) is 0 Å². The summed E-state index contributed by atoms with van der Waals surface area (Å²) in [6.45, 7) is -0.309. The lowest BCUT2D eigenvalue weighted by atomic mass is 10.1. The third-order valence-electron chi connectivity index (χ3n) is 2.04. The van der Waals surface area contributed by atoms with E-state index in [9.17, 15) is 4.79 Å². The highest BCUT2D eigenvalue weighted by atomic mass is 16.6. The molecule has 1 fully saturated rings. The fourth-order valence-corrected chi connectivity index (χ4v) is 1.42. The number of carbonyl (C=O) groups is 1. The third kappa shape index (κ3) is 2.17. The van der Waals surface area contributed by atoms with Gasteiger partial charge in [0.2, 0.25) is 0 Å². The largest absolute Gasteiger partial charge is 0.481 e. The molecule has 0 aliphatic heterocycles. The standard InChI is InChI=1S/C7H12O4/c8-4-11-6-2-1-5(3-6)7(9)10/h5-6,8H,1-4H2,(H,9,10)/t5-,6-/m1/s1. The Labute approximate surface area is 64.8 Å². The summed E-state index contributed by atoms with van der Waals surface area (Å²) in [6.07, 6.45) is 1.90. The molecule has 0 unspecified atom stereocenters. The Morgan fingerprint density at radius 1 is 1.55 bits per heavy atom. The van der Waals surface area contributed by atoms with Crippen molar-refractivity contribution in [2.75, 3.05) is 6.79 Å². The summed E-state index contributed by atoms with van der Waals surface area (Å²) in [5, 5.41) is 17.0. The molecule has 1 aliphatic carbocycles. The fourth-order valence-electron chi connectivity index (χ4n) is 1.42. The second-order valence-corrected chi connectivity index (χ2v) is 2.77. The molecule has 11 heavy (non-hydrogen) atoms.